The van der Waals surface area contributed by atoms with Crippen LogP contribution in [-0.4, -0.2) is 43.8 Å². The normalized spacial score (nSPS) is 21.5. The molecule has 0 aromatic carbocycles. The predicted molar refractivity (Wildman–Crippen MR) is 64.6 cm³/mol. The van der Waals surface area contributed by atoms with E-state index < -0.39 is 9.84 Å². The van der Waals surface area contributed by atoms with Gasteiger partial charge in [-0.25, -0.2) is 18.4 Å². The number of nitrogens with zero attached hydrogens (tertiary/aromatic N) is 3. The van der Waals surface area contributed by atoms with Crippen molar-refractivity contribution in [2.45, 2.75) is 23.8 Å². The first kappa shape index (κ1) is 12.3. The van der Waals surface area contributed by atoms with Crippen LogP contribution in [0.2, 0.25) is 0 Å². The molecule has 1 saturated heterocycles. The van der Waals surface area contributed by atoms with E-state index in [-0.39, 0.29) is 10.9 Å². The van der Waals surface area contributed by atoms with Gasteiger partial charge in [0.15, 0.2) is 9.84 Å². The summed E-state index contributed by atoms with van der Waals surface area (Å²) in [5, 5.41) is 0. The van der Waals surface area contributed by atoms with Crippen molar-refractivity contribution in [2.75, 3.05) is 24.2 Å². The number of aromatic nitrogens is 2. The van der Waals surface area contributed by atoms with Crippen molar-refractivity contribution in [3.63, 3.8) is 0 Å². The molecular formula is C10H16N4O2S. The van der Waals surface area contributed by atoms with Crippen molar-refractivity contribution < 1.29 is 8.42 Å². The van der Waals surface area contributed by atoms with Gasteiger partial charge >= 0.3 is 0 Å². The molecule has 0 aliphatic carbocycles. The zero-order valence-corrected chi connectivity index (χ0v) is 10.5. The summed E-state index contributed by atoms with van der Waals surface area (Å²) in [4.78, 5) is 10.3. The van der Waals surface area contributed by atoms with Gasteiger partial charge in [0.25, 0.3) is 0 Å². The minimum Gasteiger partial charge on any atom is -0.339 e. The Morgan fingerprint density at radius 1 is 1.41 bits per heavy atom. The fraction of sp³-hybridized carbons (Fsp3) is 0.600. The van der Waals surface area contributed by atoms with Gasteiger partial charge in [-0.3, -0.25) is 0 Å². The van der Waals surface area contributed by atoms with Crippen LogP contribution in [0, 0.1) is 0 Å². The fourth-order valence-corrected chi connectivity index (χ4v) is 2.34. The molecule has 1 aromatic rings. The summed E-state index contributed by atoms with van der Waals surface area (Å²) < 4.78 is 22.5. The molecular weight excluding hydrogens is 240 g/mol. The van der Waals surface area contributed by atoms with E-state index >= 15 is 0 Å². The summed E-state index contributed by atoms with van der Waals surface area (Å²) in [7, 11) is -3.23. The van der Waals surface area contributed by atoms with Crippen molar-refractivity contribution in [3.05, 3.63) is 12.4 Å². The van der Waals surface area contributed by atoms with Gasteiger partial charge in [0.1, 0.15) is 4.90 Å². The summed E-state index contributed by atoms with van der Waals surface area (Å²) in [5.74, 6) is 0.549. The lowest BCUT2D eigenvalue weighted by molar-refractivity contribution is 0.499. The van der Waals surface area contributed by atoms with E-state index in [1.165, 1.54) is 12.4 Å². The molecule has 17 heavy (non-hydrogen) atoms. The molecule has 6 nitrogen and oxygen atoms in total. The highest BCUT2D eigenvalue weighted by Crippen LogP contribution is 2.15. The van der Waals surface area contributed by atoms with Gasteiger partial charge in [0.2, 0.25) is 5.95 Å². The van der Waals surface area contributed by atoms with Crippen molar-refractivity contribution >= 4 is 15.8 Å². The Bertz CT molecular complexity index is 486. The topological polar surface area (TPSA) is 89.2 Å². The molecule has 0 radical (unpaired) electrons. The van der Waals surface area contributed by atoms with Gasteiger partial charge in [-0.1, -0.05) is 0 Å². The van der Waals surface area contributed by atoms with Crippen LogP contribution in [0.3, 0.4) is 0 Å². The Labute approximate surface area is 101 Å². The van der Waals surface area contributed by atoms with E-state index in [2.05, 4.69) is 9.97 Å². The lowest BCUT2D eigenvalue weighted by Crippen LogP contribution is -2.43. The quantitative estimate of drug-likeness (QED) is 0.788. The van der Waals surface area contributed by atoms with Gasteiger partial charge in [-0.15, -0.1) is 0 Å². The van der Waals surface area contributed by atoms with E-state index in [0.29, 0.717) is 5.95 Å². The minimum atomic E-state index is -3.23. The number of nitrogens with two attached hydrogens (primary N) is 1. The monoisotopic (exact) mass is 256 g/mol. The summed E-state index contributed by atoms with van der Waals surface area (Å²) in [6.45, 7) is 1.59. The van der Waals surface area contributed by atoms with Crippen molar-refractivity contribution in [2.24, 2.45) is 5.73 Å². The highest BCUT2D eigenvalue weighted by molar-refractivity contribution is 7.90. The van der Waals surface area contributed by atoms with E-state index in [9.17, 15) is 8.42 Å². The molecule has 1 aliphatic rings. The van der Waals surface area contributed by atoms with Crippen LogP contribution in [0.1, 0.15) is 12.8 Å². The van der Waals surface area contributed by atoms with Crippen LogP contribution in [0.4, 0.5) is 5.95 Å². The zero-order chi connectivity index (χ0) is 12.5. The largest absolute Gasteiger partial charge is 0.339 e. The number of piperidine rings is 1. The Hall–Kier alpha value is -1.21. The van der Waals surface area contributed by atoms with Crippen LogP contribution in [0.25, 0.3) is 0 Å². The maximum Gasteiger partial charge on any atom is 0.225 e. The van der Waals surface area contributed by atoms with Gasteiger partial charge in [-0.2, -0.15) is 0 Å². The molecule has 0 saturated carbocycles. The summed E-state index contributed by atoms with van der Waals surface area (Å²) >= 11 is 0. The van der Waals surface area contributed by atoms with Crippen LogP contribution in [0.15, 0.2) is 17.3 Å². The number of hydrogen-bond acceptors (Lipinski definition) is 6. The van der Waals surface area contributed by atoms with Crippen LogP contribution in [0.5, 0.6) is 0 Å². The van der Waals surface area contributed by atoms with Gasteiger partial charge in [0, 0.05) is 25.4 Å². The van der Waals surface area contributed by atoms with E-state index in [1.807, 2.05) is 4.90 Å². The first-order valence-electron chi connectivity index (χ1n) is 5.49. The first-order chi connectivity index (χ1) is 7.97. The summed E-state index contributed by atoms with van der Waals surface area (Å²) in [6.07, 6.45) is 5.86. The Kier molecular flexibility index (Phi) is 3.30. The third kappa shape index (κ3) is 2.92. The second-order valence-electron chi connectivity index (χ2n) is 4.34. The SMILES string of the molecule is CS(=O)(=O)c1cnc(N2CCCC(N)C2)nc1. The molecule has 7 heteroatoms. The standard InChI is InChI=1S/C10H16N4O2S/c1-17(15,16)9-5-12-10(13-6-9)14-4-2-3-8(11)7-14/h5-6,8H,2-4,7,11H2,1H3. The number of sulfone groups is 1. The molecule has 2 heterocycles. The molecule has 0 spiro atoms. The lowest BCUT2D eigenvalue weighted by Gasteiger charge is -2.30. The first-order valence-corrected chi connectivity index (χ1v) is 7.38. The second kappa shape index (κ2) is 4.58. The average Bonchev–Trinajstić information content (AvgIpc) is 2.28. The molecule has 0 bridgehead atoms. The van der Waals surface area contributed by atoms with Gasteiger partial charge < -0.3 is 10.6 Å². The number of hydrogen-bond donors (Lipinski definition) is 1. The molecule has 1 unspecified atom stereocenters. The summed E-state index contributed by atoms with van der Waals surface area (Å²) in [6, 6.07) is 0.141. The number of rotatable bonds is 2. The highest BCUT2D eigenvalue weighted by atomic mass is 32.2. The Morgan fingerprint density at radius 2 is 2.06 bits per heavy atom. The van der Waals surface area contributed by atoms with Crippen molar-refractivity contribution in [1.82, 2.24) is 9.97 Å². The molecule has 2 rings (SSSR count). The van der Waals surface area contributed by atoms with Crippen molar-refractivity contribution in [3.8, 4) is 0 Å². The number of anilines is 1. The molecule has 1 aliphatic heterocycles. The highest BCUT2D eigenvalue weighted by Gasteiger charge is 2.19. The van der Waals surface area contributed by atoms with Crippen LogP contribution < -0.4 is 10.6 Å². The maximum atomic E-state index is 11.3. The van der Waals surface area contributed by atoms with Crippen LogP contribution >= 0.6 is 0 Å². The van der Waals surface area contributed by atoms with Crippen LogP contribution in [-0.2, 0) is 9.84 Å². The molecule has 0 amide bonds. The molecule has 2 N–H and O–H groups in total. The lowest BCUT2D eigenvalue weighted by atomic mass is 10.1. The Balaban J connectivity index is 2.18. The van der Waals surface area contributed by atoms with E-state index in [4.69, 9.17) is 5.73 Å². The smallest absolute Gasteiger partial charge is 0.225 e. The van der Waals surface area contributed by atoms with Gasteiger partial charge in [0.05, 0.1) is 12.4 Å². The fourth-order valence-electron chi connectivity index (χ4n) is 1.86. The third-order valence-electron chi connectivity index (χ3n) is 2.78. The average molecular weight is 256 g/mol. The zero-order valence-electron chi connectivity index (χ0n) is 9.70. The van der Waals surface area contributed by atoms with Crippen molar-refractivity contribution in [1.29, 1.82) is 0 Å². The second-order valence-corrected chi connectivity index (χ2v) is 6.35. The van der Waals surface area contributed by atoms with E-state index in [0.717, 1.165) is 32.2 Å². The predicted octanol–water partition coefficient (Wildman–Crippen LogP) is -0.192. The maximum absolute atomic E-state index is 11.3. The molecule has 1 fully saturated rings. The van der Waals surface area contributed by atoms with E-state index in [1.54, 1.807) is 0 Å². The summed E-state index contributed by atoms with van der Waals surface area (Å²) in [5.41, 5.74) is 5.87. The third-order valence-corrected chi connectivity index (χ3v) is 3.85. The van der Waals surface area contributed by atoms with Gasteiger partial charge in [-0.05, 0) is 12.8 Å². The molecule has 1 atom stereocenters. The minimum absolute atomic E-state index is 0.141. The molecule has 1 aromatic heterocycles. The Morgan fingerprint density at radius 3 is 2.59 bits per heavy atom. The molecule has 94 valence electrons.